The van der Waals surface area contributed by atoms with Crippen LogP contribution in [0.1, 0.15) is 29.9 Å². The van der Waals surface area contributed by atoms with Gasteiger partial charge in [-0.3, -0.25) is 4.79 Å². The van der Waals surface area contributed by atoms with Crippen LogP contribution in [0, 0.1) is 0 Å². The molecule has 0 bridgehead atoms. The topological polar surface area (TPSA) is 43.3 Å². The molecule has 4 nitrogen and oxygen atoms in total. The Labute approximate surface area is 172 Å². The van der Waals surface area contributed by atoms with Crippen molar-refractivity contribution in [1.82, 2.24) is 9.88 Å². The molecule has 0 atom stereocenters. The summed E-state index contributed by atoms with van der Waals surface area (Å²) in [6, 6.07) is 9.86. The lowest BCUT2D eigenvalue weighted by molar-refractivity contribution is 0.0945. The van der Waals surface area contributed by atoms with Gasteiger partial charge in [-0.05, 0) is 53.9 Å². The number of para-hydroxylation sites is 1. The third-order valence-electron chi connectivity index (χ3n) is 4.36. The summed E-state index contributed by atoms with van der Waals surface area (Å²) >= 11 is 5.25. The van der Waals surface area contributed by atoms with Gasteiger partial charge < -0.3 is 14.6 Å². The molecule has 1 amide bonds. The molecule has 6 heteroatoms. The third-order valence-corrected chi connectivity index (χ3v) is 6.19. The van der Waals surface area contributed by atoms with Gasteiger partial charge in [0.25, 0.3) is 5.91 Å². The molecule has 0 spiro atoms. The Hall–Kier alpha value is -2.05. The maximum Gasteiger partial charge on any atom is 0.267 e. The second kappa shape index (κ2) is 8.76. The summed E-state index contributed by atoms with van der Waals surface area (Å²) in [5, 5.41) is 5.11. The number of allylic oxidation sites excluding steroid dienone is 2. The maximum absolute atomic E-state index is 12.8. The minimum absolute atomic E-state index is 0.0534. The second-order valence-electron chi connectivity index (χ2n) is 6.54. The van der Waals surface area contributed by atoms with Gasteiger partial charge in [0.2, 0.25) is 0 Å². The van der Waals surface area contributed by atoms with E-state index in [1.807, 2.05) is 30.3 Å². The van der Waals surface area contributed by atoms with Gasteiger partial charge in [0.15, 0.2) is 0 Å². The van der Waals surface area contributed by atoms with Crippen LogP contribution in [0.3, 0.4) is 0 Å². The zero-order chi connectivity index (χ0) is 19.4. The molecule has 0 radical (unpaired) electrons. The zero-order valence-electron chi connectivity index (χ0n) is 15.7. The highest BCUT2D eigenvalue weighted by Crippen LogP contribution is 2.33. The van der Waals surface area contributed by atoms with Crippen molar-refractivity contribution in [3.8, 4) is 5.75 Å². The molecule has 1 N–H and O–H groups in total. The van der Waals surface area contributed by atoms with Gasteiger partial charge in [-0.25, -0.2) is 0 Å². The predicted molar refractivity (Wildman–Crippen MR) is 116 cm³/mol. The number of thiophene rings is 1. The molecule has 3 aromatic rings. The van der Waals surface area contributed by atoms with Crippen LogP contribution in [0.15, 0.2) is 51.8 Å². The summed E-state index contributed by atoms with van der Waals surface area (Å²) in [6.07, 6.45) is 2.86. The van der Waals surface area contributed by atoms with E-state index in [1.54, 1.807) is 18.4 Å². The van der Waals surface area contributed by atoms with Crippen molar-refractivity contribution in [3.63, 3.8) is 0 Å². The number of ether oxygens (including phenoxy) is 1. The average molecular weight is 447 g/mol. The van der Waals surface area contributed by atoms with E-state index < -0.39 is 0 Å². The predicted octanol–water partition coefficient (Wildman–Crippen LogP) is 5.41. The van der Waals surface area contributed by atoms with Crippen molar-refractivity contribution in [1.29, 1.82) is 0 Å². The first-order valence-electron chi connectivity index (χ1n) is 8.81. The van der Waals surface area contributed by atoms with Crippen LogP contribution < -0.4 is 10.1 Å². The van der Waals surface area contributed by atoms with E-state index in [-0.39, 0.29) is 5.91 Å². The van der Waals surface area contributed by atoms with Crippen LogP contribution >= 0.6 is 27.3 Å². The number of fused-ring (bicyclic) bond motifs is 1. The Morgan fingerprint density at radius 1 is 1.33 bits per heavy atom. The van der Waals surface area contributed by atoms with Crippen molar-refractivity contribution >= 4 is 43.4 Å². The van der Waals surface area contributed by atoms with Crippen molar-refractivity contribution in [3.05, 3.63) is 63.1 Å². The second-order valence-corrected chi connectivity index (χ2v) is 8.30. The molecule has 3 rings (SSSR count). The number of amides is 1. The number of carbonyl (C=O) groups excluding carboxylic acids is 1. The number of aromatic nitrogens is 1. The van der Waals surface area contributed by atoms with Gasteiger partial charge in [0.1, 0.15) is 11.4 Å². The number of nitrogens with zero attached hydrogens (tertiary/aromatic N) is 1. The minimum Gasteiger partial charge on any atom is -0.496 e. The van der Waals surface area contributed by atoms with E-state index >= 15 is 0 Å². The lowest BCUT2D eigenvalue weighted by Crippen LogP contribution is -2.28. The molecular formula is C21H23BrN2O2S. The SMILES string of the molecule is COc1ccccc1CCNC(=O)c1cc2scc(Br)c2n1CC=C(C)C. The molecule has 1 aromatic carbocycles. The minimum atomic E-state index is -0.0534. The number of hydrogen-bond donors (Lipinski definition) is 1. The number of rotatable bonds is 7. The largest absolute Gasteiger partial charge is 0.496 e. The molecule has 27 heavy (non-hydrogen) atoms. The highest BCUT2D eigenvalue weighted by atomic mass is 79.9. The van der Waals surface area contributed by atoms with Gasteiger partial charge in [0, 0.05) is 18.5 Å². The molecule has 0 aliphatic rings. The summed E-state index contributed by atoms with van der Waals surface area (Å²) in [5.41, 5.74) is 4.08. The Bertz CT molecular complexity index is 983. The Balaban J connectivity index is 1.77. The van der Waals surface area contributed by atoms with Gasteiger partial charge in [0.05, 0.1) is 21.8 Å². The van der Waals surface area contributed by atoms with Crippen molar-refractivity contribution < 1.29 is 9.53 Å². The van der Waals surface area contributed by atoms with Crippen LogP contribution in [0.2, 0.25) is 0 Å². The summed E-state index contributed by atoms with van der Waals surface area (Å²) in [6.45, 7) is 5.37. The van der Waals surface area contributed by atoms with Crippen LogP contribution in [0.25, 0.3) is 10.2 Å². The van der Waals surface area contributed by atoms with Crippen molar-refractivity contribution in [2.24, 2.45) is 0 Å². The molecule has 0 saturated heterocycles. The summed E-state index contributed by atoms with van der Waals surface area (Å²) in [7, 11) is 1.66. The van der Waals surface area contributed by atoms with Crippen molar-refractivity contribution in [2.45, 2.75) is 26.8 Å². The fourth-order valence-corrected chi connectivity index (χ4v) is 4.69. The highest BCUT2D eigenvalue weighted by molar-refractivity contribution is 9.10. The quantitative estimate of drug-likeness (QED) is 0.492. The number of hydrogen-bond acceptors (Lipinski definition) is 3. The highest BCUT2D eigenvalue weighted by Gasteiger charge is 2.18. The van der Waals surface area contributed by atoms with Crippen LogP contribution in [0.5, 0.6) is 5.75 Å². The lowest BCUT2D eigenvalue weighted by atomic mass is 10.1. The molecule has 142 valence electrons. The van der Waals surface area contributed by atoms with Gasteiger partial charge in [-0.2, -0.15) is 0 Å². The van der Waals surface area contributed by atoms with E-state index in [1.165, 1.54) is 5.57 Å². The Kier molecular flexibility index (Phi) is 6.39. The summed E-state index contributed by atoms with van der Waals surface area (Å²) < 4.78 is 9.58. The molecule has 0 unspecified atom stereocenters. The van der Waals surface area contributed by atoms with Crippen LogP contribution in [0.4, 0.5) is 0 Å². The zero-order valence-corrected chi connectivity index (χ0v) is 18.1. The number of methoxy groups -OCH3 is 1. The summed E-state index contributed by atoms with van der Waals surface area (Å²) in [4.78, 5) is 12.8. The van der Waals surface area contributed by atoms with Crippen LogP contribution in [-0.4, -0.2) is 24.1 Å². The lowest BCUT2D eigenvalue weighted by Gasteiger charge is -2.11. The van der Waals surface area contributed by atoms with Crippen LogP contribution in [-0.2, 0) is 13.0 Å². The first-order valence-corrected chi connectivity index (χ1v) is 10.5. The Morgan fingerprint density at radius 2 is 2.11 bits per heavy atom. The monoisotopic (exact) mass is 446 g/mol. The standard InChI is InChI=1S/C21H23BrN2O2S/c1-14(2)9-11-24-17(12-19-20(24)16(22)13-27-19)21(25)23-10-8-15-6-4-5-7-18(15)26-3/h4-7,9,12-13H,8,10-11H2,1-3H3,(H,23,25). The van der Waals surface area contributed by atoms with Gasteiger partial charge in [-0.1, -0.05) is 29.8 Å². The van der Waals surface area contributed by atoms with Gasteiger partial charge >= 0.3 is 0 Å². The van der Waals surface area contributed by atoms with E-state index in [4.69, 9.17) is 4.74 Å². The summed E-state index contributed by atoms with van der Waals surface area (Å²) in [5.74, 6) is 0.797. The third kappa shape index (κ3) is 4.45. The number of nitrogens with one attached hydrogen (secondary N) is 1. The van der Waals surface area contributed by atoms with E-state index in [0.717, 1.165) is 32.4 Å². The van der Waals surface area contributed by atoms with E-state index in [2.05, 4.69) is 51.1 Å². The number of halogens is 1. The number of carbonyl (C=O) groups is 1. The Morgan fingerprint density at radius 3 is 2.85 bits per heavy atom. The van der Waals surface area contributed by atoms with E-state index in [0.29, 0.717) is 18.8 Å². The van der Waals surface area contributed by atoms with Gasteiger partial charge in [-0.15, -0.1) is 11.3 Å². The van der Waals surface area contributed by atoms with Crippen molar-refractivity contribution in [2.75, 3.05) is 13.7 Å². The average Bonchev–Trinajstić information content (AvgIpc) is 3.20. The normalized spacial score (nSPS) is 10.8. The molecule has 0 aliphatic carbocycles. The maximum atomic E-state index is 12.8. The molecule has 0 saturated carbocycles. The molecule has 2 aromatic heterocycles. The molecule has 0 fully saturated rings. The smallest absolute Gasteiger partial charge is 0.267 e. The first-order chi connectivity index (χ1) is 13.0. The fourth-order valence-electron chi connectivity index (χ4n) is 2.99. The molecule has 0 aliphatic heterocycles. The number of benzene rings is 1. The molecule has 2 heterocycles. The van der Waals surface area contributed by atoms with E-state index in [9.17, 15) is 4.79 Å². The fraction of sp³-hybridized carbons (Fsp3) is 0.286. The first kappa shape index (κ1) is 19.7. The molecular weight excluding hydrogens is 424 g/mol.